The molecule has 5 atom stereocenters. The number of piperidine rings is 1. The Morgan fingerprint density at radius 3 is 2.51 bits per heavy atom. The Morgan fingerprint density at radius 2 is 1.92 bits per heavy atom. The van der Waals surface area contributed by atoms with E-state index in [4.69, 9.17) is 21.1 Å². The van der Waals surface area contributed by atoms with Crippen LogP contribution < -0.4 is 19.3 Å². The van der Waals surface area contributed by atoms with E-state index in [1.807, 2.05) is 6.07 Å². The molecule has 1 aromatic carbocycles. The minimum atomic E-state index is -4.38. The van der Waals surface area contributed by atoms with Crippen molar-refractivity contribution < 1.29 is 32.5 Å². The van der Waals surface area contributed by atoms with Gasteiger partial charge in [0.2, 0.25) is 5.88 Å². The van der Waals surface area contributed by atoms with Gasteiger partial charge in [-0.3, -0.25) is 4.79 Å². The Labute approximate surface area is 219 Å². The van der Waals surface area contributed by atoms with Gasteiger partial charge in [-0.15, -0.1) is 0 Å². The van der Waals surface area contributed by atoms with Crippen LogP contribution in [-0.4, -0.2) is 61.1 Å². The zero-order valence-corrected chi connectivity index (χ0v) is 21.7. The molecule has 7 nitrogen and oxygen atoms in total. The minimum Gasteiger partial charge on any atom is -0.490 e. The number of aromatic nitrogens is 1. The normalized spacial score (nSPS) is 26.3. The molecule has 11 heteroatoms. The lowest BCUT2D eigenvalue weighted by atomic mass is 9.90. The number of carboxylic acid groups (broad SMARTS) is 1. The summed E-state index contributed by atoms with van der Waals surface area (Å²) in [5.41, 5.74) is 1.41. The van der Waals surface area contributed by atoms with Crippen molar-refractivity contribution in [2.45, 2.75) is 45.0 Å². The van der Waals surface area contributed by atoms with Crippen molar-refractivity contribution >= 4 is 28.9 Å². The fraction of sp³-hybridized carbons (Fsp3) is 0.538. The maximum absolute atomic E-state index is 13.6. The minimum absolute atomic E-state index is 0.0502. The predicted molar refractivity (Wildman–Crippen MR) is 135 cm³/mol. The molecule has 1 aromatic heterocycles. The molecule has 0 saturated carbocycles. The average Bonchev–Trinajstić information content (AvgIpc) is 3.17. The third-order valence-corrected chi connectivity index (χ3v) is 7.77. The Balaban J connectivity index is 1.42. The van der Waals surface area contributed by atoms with Gasteiger partial charge in [-0.05, 0) is 30.2 Å². The number of ether oxygens (including phenoxy) is 2. The molecule has 2 unspecified atom stereocenters. The monoisotopic (exact) mass is 541 g/mol. The lowest BCUT2D eigenvalue weighted by molar-refractivity contribution is -0.179. The topological polar surface area (TPSA) is 75.1 Å². The quantitative estimate of drug-likeness (QED) is 0.495. The molecule has 2 aliphatic rings. The van der Waals surface area contributed by atoms with Crippen LogP contribution in [0.15, 0.2) is 36.5 Å². The van der Waals surface area contributed by atoms with Crippen LogP contribution in [0.25, 0.3) is 0 Å². The van der Waals surface area contributed by atoms with Crippen LogP contribution in [0.1, 0.15) is 26.7 Å². The number of alkyl halides is 3. The first-order valence-corrected chi connectivity index (χ1v) is 12.6. The third-order valence-electron chi connectivity index (χ3n) is 7.48. The lowest BCUT2D eigenvalue weighted by Gasteiger charge is -2.38. The molecular formula is C26H31ClF3N3O4. The van der Waals surface area contributed by atoms with Crippen LogP contribution in [0.3, 0.4) is 0 Å². The van der Waals surface area contributed by atoms with Crippen molar-refractivity contribution in [2.24, 2.45) is 17.8 Å². The molecule has 0 aliphatic carbocycles. The number of carbonyl (C=O) groups is 1. The van der Waals surface area contributed by atoms with Crippen LogP contribution in [0, 0.1) is 17.8 Å². The summed E-state index contributed by atoms with van der Waals surface area (Å²) >= 11 is 6.36. The Bertz CT molecular complexity index is 1100. The van der Waals surface area contributed by atoms with Crippen LogP contribution in [0.5, 0.6) is 11.6 Å². The molecule has 0 radical (unpaired) electrons. The highest BCUT2D eigenvalue weighted by molar-refractivity contribution is 6.33. The lowest BCUT2D eigenvalue weighted by Crippen LogP contribution is -2.44. The van der Waals surface area contributed by atoms with Crippen molar-refractivity contribution in [3.63, 3.8) is 0 Å². The van der Waals surface area contributed by atoms with E-state index in [0.29, 0.717) is 22.3 Å². The summed E-state index contributed by atoms with van der Waals surface area (Å²) in [6.07, 6.45) is -2.46. The molecule has 0 bridgehead atoms. The predicted octanol–water partition coefficient (Wildman–Crippen LogP) is 5.52. The average molecular weight is 542 g/mol. The first kappa shape index (κ1) is 27.2. The van der Waals surface area contributed by atoms with Gasteiger partial charge in [-0.2, -0.15) is 13.2 Å². The number of methoxy groups -OCH3 is 1. The fourth-order valence-corrected chi connectivity index (χ4v) is 5.63. The zero-order valence-electron chi connectivity index (χ0n) is 20.9. The molecule has 4 rings (SSSR count). The van der Waals surface area contributed by atoms with Crippen LogP contribution in [0.4, 0.5) is 24.5 Å². The van der Waals surface area contributed by atoms with Gasteiger partial charge in [0.05, 0.1) is 36.4 Å². The smallest absolute Gasteiger partial charge is 0.393 e. The van der Waals surface area contributed by atoms with Gasteiger partial charge < -0.3 is 24.4 Å². The van der Waals surface area contributed by atoms with Gasteiger partial charge in [0.25, 0.3) is 0 Å². The van der Waals surface area contributed by atoms with Crippen molar-refractivity contribution in [3.8, 4) is 11.6 Å². The second-order valence-corrected chi connectivity index (χ2v) is 10.3. The summed E-state index contributed by atoms with van der Waals surface area (Å²) in [7, 11) is 1.55. The van der Waals surface area contributed by atoms with Crippen molar-refractivity contribution in [3.05, 3.63) is 41.6 Å². The number of hydrogen-bond donors (Lipinski definition) is 1. The van der Waals surface area contributed by atoms with E-state index in [1.165, 1.54) is 6.92 Å². The molecule has 2 aliphatic heterocycles. The van der Waals surface area contributed by atoms with Crippen LogP contribution in [0.2, 0.25) is 5.02 Å². The van der Waals surface area contributed by atoms with E-state index in [9.17, 15) is 23.1 Å². The van der Waals surface area contributed by atoms with Crippen molar-refractivity contribution in [1.29, 1.82) is 0 Å². The van der Waals surface area contributed by atoms with Crippen molar-refractivity contribution in [1.82, 2.24) is 4.98 Å². The number of halogens is 4. The van der Waals surface area contributed by atoms with E-state index >= 15 is 0 Å². The Hall–Kier alpha value is -2.88. The zero-order chi connectivity index (χ0) is 26.9. The number of nitrogens with zero attached hydrogens (tertiary/aromatic N) is 3. The highest BCUT2D eigenvalue weighted by Crippen LogP contribution is 2.44. The summed E-state index contributed by atoms with van der Waals surface area (Å²) in [5, 5.41) is 9.83. The summed E-state index contributed by atoms with van der Waals surface area (Å²) < 4.78 is 52.1. The Kier molecular flexibility index (Phi) is 7.96. The number of carboxylic acids is 1. The first-order valence-electron chi connectivity index (χ1n) is 12.2. The summed E-state index contributed by atoms with van der Waals surface area (Å²) in [5.74, 6) is -2.23. The second-order valence-electron chi connectivity index (χ2n) is 9.87. The largest absolute Gasteiger partial charge is 0.490 e. The highest BCUT2D eigenvalue weighted by atomic mass is 35.5. The van der Waals surface area contributed by atoms with E-state index < -0.39 is 30.0 Å². The molecular weight excluding hydrogens is 511 g/mol. The number of pyridine rings is 1. The Morgan fingerprint density at radius 1 is 1.22 bits per heavy atom. The highest BCUT2D eigenvalue weighted by Gasteiger charge is 2.52. The fourth-order valence-electron chi connectivity index (χ4n) is 5.41. The van der Waals surface area contributed by atoms with Gasteiger partial charge in [0, 0.05) is 49.8 Å². The van der Waals surface area contributed by atoms with Gasteiger partial charge in [0.1, 0.15) is 11.9 Å². The molecule has 2 fully saturated rings. The maximum Gasteiger partial charge on any atom is 0.393 e. The van der Waals surface area contributed by atoms with Crippen LogP contribution in [-0.2, 0) is 4.79 Å². The van der Waals surface area contributed by atoms with E-state index in [2.05, 4.69) is 16.8 Å². The van der Waals surface area contributed by atoms with E-state index in [-0.39, 0.29) is 25.0 Å². The summed E-state index contributed by atoms with van der Waals surface area (Å²) in [6, 6.07) is 7.97. The number of rotatable bonds is 7. The second kappa shape index (κ2) is 10.8. The third kappa shape index (κ3) is 6.00. The number of aliphatic carboxylic acids is 1. The van der Waals surface area contributed by atoms with E-state index in [0.717, 1.165) is 25.2 Å². The maximum atomic E-state index is 13.6. The van der Waals surface area contributed by atoms with Gasteiger partial charge >= 0.3 is 12.1 Å². The van der Waals surface area contributed by atoms with Gasteiger partial charge in [-0.1, -0.05) is 25.4 Å². The number of hydrogen-bond acceptors (Lipinski definition) is 6. The molecule has 1 N–H and O–H groups in total. The van der Waals surface area contributed by atoms with Crippen molar-refractivity contribution in [2.75, 3.05) is 36.5 Å². The number of anilines is 2. The van der Waals surface area contributed by atoms with Crippen LogP contribution >= 0.6 is 11.6 Å². The standard InChI is InChI=1S/C26H31ClF3N3O4/c1-15-13-32(22-10-24(36-3)31-12-20(22)27)9-8-23(15)37-18-6-4-17(5-7-18)33-14-19(26(28,29)30)16(2)21(33)11-25(34)35/h4-7,10,12,15-16,19,21,23H,8-9,11,13-14H2,1-3H3,(H,34,35)/t15?,16-,19+,21+,23?/m1/s1. The van der Waals surface area contributed by atoms with Gasteiger partial charge in [0.15, 0.2) is 0 Å². The molecule has 2 aromatic rings. The van der Waals surface area contributed by atoms with E-state index in [1.54, 1.807) is 42.5 Å². The summed E-state index contributed by atoms with van der Waals surface area (Å²) in [6.45, 7) is 4.75. The molecule has 0 spiro atoms. The molecule has 3 heterocycles. The molecule has 2 saturated heterocycles. The molecule has 37 heavy (non-hydrogen) atoms. The SMILES string of the molecule is COc1cc(N2CCC(Oc3ccc(N4C[C@H](C(F)(F)F)[C@@H](C)[C@@H]4CC(=O)O)cc3)C(C)C2)c(Cl)cn1. The molecule has 202 valence electrons. The van der Waals surface area contributed by atoms with Gasteiger partial charge in [-0.25, -0.2) is 4.98 Å². The first-order chi connectivity index (χ1) is 17.5. The molecule has 0 amide bonds. The summed E-state index contributed by atoms with van der Waals surface area (Å²) in [4.78, 5) is 19.2. The number of benzene rings is 1.